The molecule has 0 bridgehead atoms. The van der Waals surface area contributed by atoms with Gasteiger partial charge in [-0.15, -0.1) is 23.5 Å². The maximum atomic E-state index is 11.9. The number of hydrogen-bond donors (Lipinski definition) is 2. The summed E-state index contributed by atoms with van der Waals surface area (Å²) in [6, 6.07) is 6.45. The Morgan fingerprint density at radius 2 is 2.12 bits per heavy atom. The van der Waals surface area contributed by atoms with Crippen LogP contribution < -0.4 is 5.73 Å². The van der Waals surface area contributed by atoms with Crippen molar-refractivity contribution < 1.29 is 19.5 Å². The van der Waals surface area contributed by atoms with Gasteiger partial charge in [-0.05, 0) is 17.7 Å². The molecule has 24 heavy (non-hydrogen) atoms. The predicted molar refractivity (Wildman–Crippen MR) is 92.1 cm³/mol. The SMILES string of the molecule is C[N+](=O)c1ccc(SCC2=C(C(=O)O)N3C(=O)C(N)C3SC2)cc1. The smallest absolute Gasteiger partial charge is 0.352 e. The van der Waals surface area contributed by atoms with E-state index in [1.807, 2.05) is 12.1 Å². The van der Waals surface area contributed by atoms with Gasteiger partial charge < -0.3 is 10.8 Å². The second-order valence-corrected chi connectivity index (χ2v) is 7.63. The molecule has 7 nitrogen and oxygen atoms in total. The summed E-state index contributed by atoms with van der Waals surface area (Å²) in [7, 11) is 1.43. The highest BCUT2D eigenvalue weighted by molar-refractivity contribution is 8.01. The van der Waals surface area contributed by atoms with E-state index in [4.69, 9.17) is 5.73 Å². The van der Waals surface area contributed by atoms with Gasteiger partial charge in [0.05, 0.1) is 0 Å². The van der Waals surface area contributed by atoms with Crippen molar-refractivity contribution in [3.05, 3.63) is 40.4 Å². The Morgan fingerprint density at radius 3 is 2.71 bits per heavy atom. The molecule has 0 aromatic heterocycles. The fourth-order valence-electron chi connectivity index (χ4n) is 2.61. The van der Waals surface area contributed by atoms with Crippen LogP contribution in [0.5, 0.6) is 0 Å². The Kier molecular flexibility index (Phi) is 4.66. The zero-order chi connectivity index (χ0) is 17.4. The molecule has 3 N–H and O–H groups in total. The van der Waals surface area contributed by atoms with Crippen molar-refractivity contribution in [1.29, 1.82) is 0 Å². The molecule has 2 atom stereocenters. The maximum Gasteiger partial charge on any atom is 0.352 e. The third-order valence-corrected chi connectivity index (χ3v) is 6.36. The van der Waals surface area contributed by atoms with E-state index in [1.165, 1.54) is 35.5 Å². The molecule has 3 rings (SSSR count). The third-order valence-electron chi connectivity index (χ3n) is 3.90. The van der Waals surface area contributed by atoms with Gasteiger partial charge in [-0.3, -0.25) is 9.69 Å². The number of β-lactam (4-membered cyclic amide) rings is 1. The number of thioether (sulfide) groups is 2. The van der Waals surface area contributed by atoms with E-state index in [2.05, 4.69) is 0 Å². The van der Waals surface area contributed by atoms with Gasteiger partial charge in [-0.25, -0.2) is 4.79 Å². The second-order valence-electron chi connectivity index (χ2n) is 5.47. The van der Waals surface area contributed by atoms with E-state index in [9.17, 15) is 19.6 Å². The average Bonchev–Trinajstić information content (AvgIpc) is 2.58. The molecule has 9 heteroatoms. The standard InChI is InChI=1S/C15H15N3O4S2/c1-17(22)9-2-4-10(5-3-9)23-6-8-7-24-14-11(16)13(19)18(14)12(8)15(20)21/h2-5,11,14H,6-7,16H2,1H3/p+1. The van der Waals surface area contributed by atoms with Crippen molar-refractivity contribution in [1.82, 2.24) is 4.90 Å². The Bertz CT molecular complexity index is 748. The van der Waals surface area contributed by atoms with Crippen molar-refractivity contribution in [3.63, 3.8) is 0 Å². The summed E-state index contributed by atoms with van der Waals surface area (Å²) in [4.78, 5) is 36.9. The van der Waals surface area contributed by atoms with Crippen LogP contribution in [0.3, 0.4) is 0 Å². The fourth-order valence-corrected chi connectivity index (χ4v) is 4.94. The van der Waals surface area contributed by atoms with Gasteiger partial charge in [0.2, 0.25) is 5.91 Å². The molecule has 1 saturated heterocycles. The zero-order valence-corrected chi connectivity index (χ0v) is 14.5. The number of hydrogen-bond acceptors (Lipinski definition) is 6. The first-order chi connectivity index (χ1) is 11.4. The summed E-state index contributed by atoms with van der Waals surface area (Å²) in [5, 5.41) is 9.20. The van der Waals surface area contributed by atoms with Gasteiger partial charge in [0.15, 0.2) is 7.05 Å². The van der Waals surface area contributed by atoms with E-state index in [0.29, 0.717) is 22.8 Å². The second kappa shape index (κ2) is 6.58. The van der Waals surface area contributed by atoms with Crippen LogP contribution in [-0.4, -0.2) is 56.6 Å². The first-order valence-corrected chi connectivity index (χ1v) is 9.23. The van der Waals surface area contributed by atoms with E-state index >= 15 is 0 Å². The van der Waals surface area contributed by atoms with E-state index in [1.54, 1.807) is 12.1 Å². The van der Waals surface area contributed by atoms with Gasteiger partial charge in [-0.2, -0.15) is 0 Å². The first-order valence-electron chi connectivity index (χ1n) is 7.19. The molecule has 1 fully saturated rings. The molecule has 0 radical (unpaired) electrons. The number of nitrogens with zero attached hydrogens (tertiary/aromatic N) is 2. The molecule has 0 aliphatic carbocycles. The molecule has 126 valence electrons. The molecule has 0 spiro atoms. The van der Waals surface area contributed by atoms with Gasteiger partial charge in [-0.1, -0.05) is 0 Å². The molecule has 2 aliphatic rings. The molecule has 1 aromatic carbocycles. The Morgan fingerprint density at radius 1 is 1.46 bits per heavy atom. The molecule has 2 unspecified atom stereocenters. The lowest BCUT2D eigenvalue weighted by molar-refractivity contribution is -0.428. The maximum absolute atomic E-state index is 11.9. The van der Waals surface area contributed by atoms with Crippen LogP contribution in [0, 0.1) is 4.91 Å². The van der Waals surface area contributed by atoms with E-state index in [0.717, 1.165) is 9.66 Å². The minimum absolute atomic E-state index is 0.0638. The number of nitroso groups, excluding NO2 is 1. The Labute approximate surface area is 146 Å². The lowest BCUT2D eigenvalue weighted by atomic mass is 10.0. The molecular formula is C15H16N3O4S2+. The van der Waals surface area contributed by atoms with Crippen LogP contribution >= 0.6 is 23.5 Å². The van der Waals surface area contributed by atoms with Crippen LogP contribution in [-0.2, 0) is 9.59 Å². The number of carbonyl (C=O) groups excluding carboxylic acids is 1. The number of carbonyl (C=O) groups is 2. The van der Waals surface area contributed by atoms with Crippen LogP contribution in [0.25, 0.3) is 0 Å². The lowest BCUT2D eigenvalue weighted by Gasteiger charge is -2.48. The summed E-state index contributed by atoms with van der Waals surface area (Å²) in [6.07, 6.45) is 0. The summed E-state index contributed by atoms with van der Waals surface area (Å²) in [6.45, 7) is 0. The third kappa shape index (κ3) is 2.94. The number of rotatable bonds is 5. The van der Waals surface area contributed by atoms with Crippen molar-refractivity contribution >= 4 is 41.1 Å². The topological polar surface area (TPSA) is 104 Å². The minimum Gasteiger partial charge on any atom is -0.477 e. The van der Waals surface area contributed by atoms with Gasteiger partial charge in [0, 0.05) is 38.2 Å². The molecule has 1 amide bonds. The fraction of sp³-hybridized carbons (Fsp3) is 0.333. The largest absolute Gasteiger partial charge is 0.477 e. The molecule has 1 aromatic rings. The number of carboxylic acid groups (broad SMARTS) is 1. The van der Waals surface area contributed by atoms with Crippen LogP contribution in [0.1, 0.15) is 0 Å². The van der Waals surface area contributed by atoms with Crippen molar-refractivity contribution in [2.45, 2.75) is 16.3 Å². The van der Waals surface area contributed by atoms with Crippen LogP contribution in [0.4, 0.5) is 5.69 Å². The van der Waals surface area contributed by atoms with Crippen molar-refractivity contribution in [2.75, 3.05) is 18.6 Å². The monoisotopic (exact) mass is 366 g/mol. The summed E-state index contributed by atoms with van der Waals surface area (Å²) < 4.78 is 0.774. The molecule has 0 saturated carbocycles. The number of aliphatic carboxylic acids is 1. The average molecular weight is 366 g/mol. The highest BCUT2D eigenvalue weighted by atomic mass is 32.2. The predicted octanol–water partition coefficient (Wildman–Crippen LogP) is 1.40. The van der Waals surface area contributed by atoms with Gasteiger partial charge in [0.25, 0.3) is 5.69 Å². The highest BCUT2D eigenvalue weighted by Crippen LogP contribution is 2.40. The quantitative estimate of drug-likeness (QED) is 0.461. The summed E-state index contributed by atoms with van der Waals surface area (Å²) >= 11 is 2.97. The number of carboxylic acids is 1. The first kappa shape index (κ1) is 17.0. The number of fused-ring (bicyclic) bond motifs is 1. The molecule has 2 heterocycles. The normalized spacial score (nSPS) is 22.9. The summed E-state index contributed by atoms with van der Waals surface area (Å²) in [5.74, 6) is -0.431. The highest BCUT2D eigenvalue weighted by Gasteiger charge is 2.51. The van der Waals surface area contributed by atoms with Crippen molar-refractivity contribution in [2.24, 2.45) is 5.73 Å². The summed E-state index contributed by atoms with van der Waals surface area (Å²) in [5.41, 5.74) is 7.05. The van der Waals surface area contributed by atoms with E-state index in [-0.39, 0.29) is 17.0 Å². The van der Waals surface area contributed by atoms with Gasteiger partial charge in [0.1, 0.15) is 17.1 Å². The van der Waals surface area contributed by atoms with Crippen LogP contribution in [0.15, 0.2) is 40.4 Å². The minimum atomic E-state index is -1.10. The zero-order valence-electron chi connectivity index (χ0n) is 12.8. The van der Waals surface area contributed by atoms with Gasteiger partial charge >= 0.3 is 5.97 Å². The number of nitrogens with two attached hydrogens (primary N) is 1. The number of benzene rings is 1. The van der Waals surface area contributed by atoms with Crippen LogP contribution in [0.2, 0.25) is 0 Å². The number of amides is 1. The lowest BCUT2D eigenvalue weighted by Crippen LogP contribution is -2.68. The Hall–Kier alpha value is -1.84. The van der Waals surface area contributed by atoms with E-state index < -0.39 is 12.0 Å². The molecular weight excluding hydrogens is 350 g/mol. The Balaban J connectivity index is 1.76. The molecule has 2 aliphatic heterocycles. The van der Waals surface area contributed by atoms with Crippen molar-refractivity contribution in [3.8, 4) is 0 Å².